The van der Waals surface area contributed by atoms with Gasteiger partial charge in [-0.15, -0.1) is 11.8 Å². The average Bonchev–Trinajstić information content (AvgIpc) is 2.65. The van der Waals surface area contributed by atoms with Gasteiger partial charge in [0.25, 0.3) is 0 Å². The fraction of sp³-hybridized carbons (Fsp3) is 0.625. The molecule has 1 aliphatic rings. The number of halogens is 1. The molecule has 1 fully saturated rings. The van der Waals surface area contributed by atoms with Gasteiger partial charge in [0.15, 0.2) is 5.82 Å². The number of ether oxygens (including phenoxy) is 1. The Hall–Kier alpha value is -1.22. The zero-order valence-electron chi connectivity index (χ0n) is 14.6. The van der Waals surface area contributed by atoms with Gasteiger partial charge >= 0.3 is 0 Å². The van der Waals surface area contributed by atoms with Crippen LogP contribution in [0.25, 0.3) is 11.0 Å². The highest BCUT2D eigenvalue weighted by Crippen LogP contribution is 2.29. The topological polar surface area (TPSA) is 67.3 Å². The van der Waals surface area contributed by atoms with Crippen LogP contribution >= 0.6 is 23.4 Å². The first-order chi connectivity index (χ1) is 12.2. The molecule has 0 radical (unpaired) electrons. The van der Waals surface area contributed by atoms with Gasteiger partial charge in [0.2, 0.25) is 5.28 Å². The van der Waals surface area contributed by atoms with Crippen LogP contribution in [-0.4, -0.2) is 76.5 Å². The van der Waals surface area contributed by atoms with Crippen molar-refractivity contribution in [3.8, 4) is 0 Å². The highest BCUT2D eigenvalue weighted by Gasteiger charge is 2.20. The minimum atomic E-state index is 0.231. The summed E-state index contributed by atoms with van der Waals surface area (Å²) in [7, 11) is 0. The maximum atomic E-state index is 6.19. The van der Waals surface area contributed by atoms with Gasteiger partial charge in [0.05, 0.1) is 13.2 Å². The Balaban J connectivity index is 1.86. The molecular weight excluding hydrogens is 360 g/mol. The second-order valence-corrected chi connectivity index (χ2v) is 7.09. The first-order valence-corrected chi connectivity index (χ1v) is 9.95. The number of thioether (sulfide) groups is 1. The van der Waals surface area contributed by atoms with Crippen molar-refractivity contribution < 1.29 is 4.74 Å². The van der Waals surface area contributed by atoms with E-state index >= 15 is 0 Å². The molecule has 1 saturated heterocycles. The van der Waals surface area contributed by atoms with E-state index in [1.165, 1.54) is 0 Å². The monoisotopic (exact) mass is 382 g/mol. The van der Waals surface area contributed by atoms with E-state index in [-0.39, 0.29) is 5.28 Å². The molecule has 0 unspecified atom stereocenters. The third-order valence-corrected chi connectivity index (χ3v) is 5.38. The molecule has 0 atom stereocenters. The Morgan fingerprint density at radius 1 is 1.16 bits per heavy atom. The fourth-order valence-corrected chi connectivity index (χ4v) is 3.91. The number of morpholine rings is 1. The van der Waals surface area contributed by atoms with Crippen LogP contribution in [0.4, 0.5) is 5.82 Å². The number of hydrogen-bond donors (Lipinski definition) is 0. The zero-order valence-corrected chi connectivity index (χ0v) is 16.2. The summed E-state index contributed by atoms with van der Waals surface area (Å²) in [5, 5.41) is 1.09. The van der Waals surface area contributed by atoms with Crippen molar-refractivity contribution in [2.75, 3.05) is 56.6 Å². The lowest BCUT2D eigenvalue weighted by Gasteiger charge is -2.28. The quantitative estimate of drug-likeness (QED) is 0.410. The molecule has 0 N–H and O–H groups in total. The Labute approximate surface area is 157 Å². The second-order valence-electron chi connectivity index (χ2n) is 5.67. The van der Waals surface area contributed by atoms with Gasteiger partial charge in [-0.25, -0.2) is 15.0 Å². The Morgan fingerprint density at radius 2 is 1.92 bits per heavy atom. The first kappa shape index (κ1) is 18.6. The summed E-state index contributed by atoms with van der Waals surface area (Å²) in [6.07, 6.45) is 1.59. The molecule has 136 valence electrons. The van der Waals surface area contributed by atoms with Crippen molar-refractivity contribution in [1.82, 2.24) is 24.8 Å². The molecule has 9 heteroatoms. The SMILES string of the molecule is CCN(CC)CCSc1ncnc2c(N3CCOCC3)nc(Cl)nc12. The third kappa shape index (κ3) is 4.49. The van der Waals surface area contributed by atoms with Gasteiger partial charge in [-0.05, 0) is 24.7 Å². The molecular formula is C16H23ClN6OS. The van der Waals surface area contributed by atoms with Gasteiger partial charge in [0.1, 0.15) is 22.4 Å². The maximum absolute atomic E-state index is 6.19. The first-order valence-electron chi connectivity index (χ1n) is 8.59. The van der Waals surface area contributed by atoms with E-state index in [1.54, 1.807) is 18.1 Å². The van der Waals surface area contributed by atoms with Crippen LogP contribution in [0.15, 0.2) is 11.4 Å². The minimum absolute atomic E-state index is 0.231. The van der Waals surface area contributed by atoms with Crippen molar-refractivity contribution >= 4 is 40.2 Å². The van der Waals surface area contributed by atoms with Gasteiger partial charge in [-0.3, -0.25) is 0 Å². The summed E-state index contributed by atoms with van der Waals surface area (Å²) < 4.78 is 5.42. The molecule has 0 spiro atoms. The summed E-state index contributed by atoms with van der Waals surface area (Å²) in [5.41, 5.74) is 1.49. The molecule has 25 heavy (non-hydrogen) atoms. The lowest BCUT2D eigenvalue weighted by atomic mass is 10.3. The molecule has 0 amide bonds. The van der Waals surface area contributed by atoms with Crippen molar-refractivity contribution in [3.05, 3.63) is 11.6 Å². The minimum Gasteiger partial charge on any atom is -0.378 e. The lowest BCUT2D eigenvalue weighted by Crippen LogP contribution is -2.37. The molecule has 2 aromatic heterocycles. The number of hydrogen-bond acceptors (Lipinski definition) is 8. The molecule has 0 bridgehead atoms. The predicted molar refractivity (Wildman–Crippen MR) is 102 cm³/mol. The second kappa shape index (κ2) is 8.93. The van der Waals surface area contributed by atoms with E-state index in [9.17, 15) is 0 Å². The Kier molecular flexibility index (Phi) is 6.63. The van der Waals surface area contributed by atoms with Gasteiger partial charge in [-0.1, -0.05) is 13.8 Å². The van der Waals surface area contributed by atoms with Gasteiger partial charge < -0.3 is 14.5 Å². The molecule has 3 rings (SSSR count). The summed E-state index contributed by atoms with van der Waals surface area (Å²) in [6, 6.07) is 0. The largest absolute Gasteiger partial charge is 0.378 e. The van der Waals surface area contributed by atoms with Gasteiger partial charge in [-0.2, -0.15) is 4.98 Å². The van der Waals surface area contributed by atoms with Crippen molar-refractivity contribution in [2.45, 2.75) is 18.9 Å². The van der Waals surface area contributed by atoms with Crippen LogP contribution in [0.3, 0.4) is 0 Å². The van der Waals surface area contributed by atoms with E-state index in [0.29, 0.717) is 13.2 Å². The molecule has 3 heterocycles. The molecule has 7 nitrogen and oxygen atoms in total. The Bertz CT molecular complexity index is 708. The van der Waals surface area contributed by atoms with Crippen LogP contribution in [-0.2, 0) is 4.74 Å². The zero-order chi connectivity index (χ0) is 17.6. The molecule has 0 saturated carbocycles. The highest BCUT2D eigenvalue weighted by atomic mass is 35.5. The summed E-state index contributed by atoms with van der Waals surface area (Å²) in [6.45, 7) is 10.4. The highest BCUT2D eigenvalue weighted by molar-refractivity contribution is 7.99. The van der Waals surface area contributed by atoms with Crippen molar-refractivity contribution in [3.63, 3.8) is 0 Å². The van der Waals surface area contributed by atoms with Crippen LogP contribution in [0, 0.1) is 0 Å². The average molecular weight is 383 g/mol. The van der Waals surface area contributed by atoms with Crippen molar-refractivity contribution in [2.24, 2.45) is 0 Å². The fourth-order valence-electron chi connectivity index (χ4n) is 2.80. The van der Waals surface area contributed by atoms with E-state index < -0.39 is 0 Å². The molecule has 0 aliphatic carbocycles. The van der Waals surface area contributed by atoms with E-state index in [4.69, 9.17) is 16.3 Å². The molecule has 1 aliphatic heterocycles. The van der Waals surface area contributed by atoms with E-state index in [2.05, 4.69) is 43.6 Å². The standard InChI is InChI=1S/C16H23ClN6OS/c1-3-22(4-2)7-10-25-15-13-12(18-11-19-15)14(21-16(17)20-13)23-5-8-24-9-6-23/h11H,3-10H2,1-2H3. The smallest absolute Gasteiger partial charge is 0.225 e. The molecule has 0 aromatic carbocycles. The molecule has 2 aromatic rings. The van der Waals surface area contributed by atoms with Crippen LogP contribution in [0.2, 0.25) is 5.28 Å². The Morgan fingerprint density at radius 3 is 2.64 bits per heavy atom. The summed E-state index contributed by atoms with van der Waals surface area (Å²) >= 11 is 7.88. The number of aromatic nitrogens is 4. The number of nitrogens with zero attached hydrogens (tertiary/aromatic N) is 6. The predicted octanol–water partition coefficient (Wildman–Crippen LogP) is 2.34. The summed E-state index contributed by atoms with van der Waals surface area (Å²) in [5.74, 6) is 1.72. The summed E-state index contributed by atoms with van der Waals surface area (Å²) in [4.78, 5) is 22.2. The number of fused-ring (bicyclic) bond motifs is 1. The van der Waals surface area contributed by atoms with Crippen LogP contribution in [0.1, 0.15) is 13.8 Å². The lowest BCUT2D eigenvalue weighted by molar-refractivity contribution is 0.122. The normalized spacial score (nSPS) is 15.3. The third-order valence-electron chi connectivity index (χ3n) is 4.25. The van der Waals surface area contributed by atoms with Crippen LogP contribution in [0.5, 0.6) is 0 Å². The van der Waals surface area contributed by atoms with Crippen molar-refractivity contribution in [1.29, 1.82) is 0 Å². The van der Waals surface area contributed by atoms with E-state index in [0.717, 1.165) is 60.4 Å². The number of anilines is 1. The van der Waals surface area contributed by atoms with E-state index in [1.807, 2.05) is 0 Å². The van der Waals surface area contributed by atoms with Gasteiger partial charge in [0, 0.05) is 25.4 Å². The maximum Gasteiger partial charge on any atom is 0.225 e. The number of rotatable bonds is 7. The van der Waals surface area contributed by atoms with Crippen LogP contribution < -0.4 is 4.90 Å².